The van der Waals surface area contributed by atoms with Crippen LogP contribution >= 0.6 is 0 Å². The molecule has 0 radical (unpaired) electrons. The number of benzene rings is 1. The molecular formula is C22H26FN3O3. The van der Waals surface area contributed by atoms with Crippen LogP contribution in [0.2, 0.25) is 0 Å². The topological polar surface area (TPSA) is 63.7 Å². The fraction of sp³-hybridized carbons (Fsp3) is 0.455. The molecule has 1 aliphatic heterocycles. The van der Waals surface area contributed by atoms with Gasteiger partial charge in [-0.3, -0.25) is 9.69 Å². The third-order valence-corrected chi connectivity index (χ3v) is 5.56. The van der Waals surface area contributed by atoms with Gasteiger partial charge in [0.2, 0.25) is 11.8 Å². The summed E-state index contributed by atoms with van der Waals surface area (Å²) in [5.74, 6) is 1.34. The second kappa shape index (κ2) is 9.33. The number of rotatable bonds is 7. The third-order valence-electron chi connectivity index (χ3n) is 5.56. The molecule has 29 heavy (non-hydrogen) atoms. The molecule has 2 heterocycles. The van der Waals surface area contributed by atoms with Gasteiger partial charge in [0.1, 0.15) is 17.6 Å². The minimum atomic E-state index is -0.314. The number of ether oxygens (including phenoxy) is 2. The van der Waals surface area contributed by atoms with Gasteiger partial charge in [0.05, 0.1) is 13.2 Å². The van der Waals surface area contributed by atoms with Crippen molar-refractivity contribution in [2.24, 2.45) is 5.92 Å². The van der Waals surface area contributed by atoms with Crippen molar-refractivity contribution in [3.63, 3.8) is 0 Å². The molecule has 6 nitrogen and oxygen atoms in total. The minimum absolute atomic E-state index is 0.00402. The van der Waals surface area contributed by atoms with Crippen LogP contribution in [0.4, 0.5) is 4.39 Å². The Kier molecular flexibility index (Phi) is 6.36. The molecule has 1 atom stereocenters. The van der Waals surface area contributed by atoms with Crippen molar-refractivity contribution in [3.05, 3.63) is 54.0 Å². The van der Waals surface area contributed by atoms with Crippen LogP contribution in [-0.4, -0.2) is 48.1 Å². The number of pyridine rings is 1. The number of aromatic nitrogens is 1. The number of carbonyl (C=O) groups excluding carboxylic acids is 1. The quantitative estimate of drug-likeness (QED) is 0.775. The molecule has 4 rings (SSSR count). The number of carbonyl (C=O) groups is 1. The number of hydrogen-bond donors (Lipinski definition) is 1. The summed E-state index contributed by atoms with van der Waals surface area (Å²) in [6, 6.07) is 9.13. The van der Waals surface area contributed by atoms with Gasteiger partial charge in [-0.2, -0.15) is 0 Å². The summed E-state index contributed by atoms with van der Waals surface area (Å²) in [5, 5.41) is 3.00. The Balaban J connectivity index is 1.28. The van der Waals surface area contributed by atoms with Crippen molar-refractivity contribution in [3.8, 4) is 11.6 Å². The summed E-state index contributed by atoms with van der Waals surface area (Å²) < 4.78 is 24.1. The van der Waals surface area contributed by atoms with Crippen LogP contribution in [0.5, 0.6) is 11.6 Å². The molecule has 2 aliphatic rings. The van der Waals surface area contributed by atoms with Crippen LogP contribution in [0.1, 0.15) is 24.8 Å². The zero-order valence-corrected chi connectivity index (χ0v) is 16.4. The monoisotopic (exact) mass is 399 g/mol. The molecule has 1 aromatic carbocycles. The molecule has 1 unspecified atom stereocenters. The van der Waals surface area contributed by atoms with Gasteiger partial charge in [0.25, 0.3) is 0 Å². The van der Waals surface area contributed by atoms with Crippen molar-refractivity contribution in [1.82, 2.24) is 15.2 Å². The minimum Gasteiger partial charge on any atom is -0.439 e. The molecule has 2 fully saturated rings. The van der Waals surface area contributed by atoms with Gasteiger partial charge in [0, 0.05) is 31.9 Å². The lowest BCUT2D eigenvalue weighted by Crippen LogP contribution is -2.55. The molecule has 1 amide bonds. The van der Waals surface area contributed by atoms with Crippen molar-refractivity contribution in [2.75, 3.05) is 26.3 Å². The molecule has 1 saturated carbocycles. The highest BCUT2D eigenvalue weighted by atomic mass is 19.1. The summed E-state index contributed by atoms with van der Waals surface area (Å²) in [7, 11) is 0. The Hall–Kier alpha value is -2.51. The van der Waals surface area contributed by atoms with E-state index in [1.807, 2.05) is 6.07 Å². The SMILES string of the molecule is O=C(NCc1ccc(Oc2ccc(F)cc2)nc1)C1COCCN1CC1CCC1. The molecule has 154 valence electrons. The van der Waals surface area contributed by atoms with Gasteiger partial charge in [-0.15, -0.1) is 0 Å². The number of halogens is 1. The van der Waals surface area contributed by atoms with Crippen LogP contribution in [0, 0.1) is 11.7 Å². The Morgan fingerprint density at radius 1 is 1.24 bits per heavy atom. The largest absolute Gasteiger partial charge is 0.439 e. The molecule has 7 heteroatoms. The van der Waals surface area contributed by atoms with E-state index in [1.165, 1.54) is 31.4 Å². The standard InChI is InChI=1S/C22H26FN3O3/c23-18-5-7-19(8-6-18)29-21-9-4-17(12-24-21)13-25-22(27)20-15-28-11-10-26(20)14-16-2-1-3-16/h4-9,12,16,20H,1-3,10-11,13-15H2,(H,25,27). The Bertz CT molecular complexity index is 809. The summed E-state index contributed by atoms with van der Waals surface area (Å²) in [6.45, 7) is 3.33. The first kappa shape index (κ1) is 19.8. The van der Waals surface area contributed by atoms with Gasteiger partial charge < -0.3 is 14.8 Å². The number of hydrogen-bond acceptors (Lipinski definition) is 5. The molecule has 1 saturated heterocycles. The van der Waals surface area contributed by atoms with Gasteiger partial charge in [-0.25, -0.2) is 9.37 Å². The molecular weight excluding hydrogens is 373 g/mol. The van der Waals surface area contributed by atoms with E-state index in [-0.39, 0.29) is 17.8 Å². The average Bonchev–Trinajstić information content (AvgIpc) is 2.72. The van der Waals surface area contributed by atoms with Crippen molar-refractivity contribution in [2.45, 2.75) is 31.8 Å². The lowest BCUT2D eigenvalue weighted by molar-refractivity contribution is -0.133. The van der Waals surface area contributed by atoms with Crippen LogP contribution in [0.15, 0.2) is 42.6 Å². The number of amides is 1. The van der Waals surface area contributed by atoms with Crippen LogP contribution < -0.4 is 10.1 Å². The van der Waals surface area contributed by atoms with E-state index >= 15 is 0 Å². The molecule has 2 aromatic rings. The summed E-state index contributed by atoms with van der Waals surface area (Å²) in [6.07, 6.45) is 5.51. The molecule has 1 N–H and O–H groups in total. The van der Waals surface area contributed by atoms with Gasteiger partial charge in [-0.1, -0.05) is 12.5 Å². The van der Waals surface area contributed by atoms with E-state index in [2.05, 4.69) is 15.2 Å². The zero-order chi connectivity index (χ0) is 20.1. The lowest BCUT2D eigenvalue weighted by Gasteiger charge is -2.39. The highest BCUT2D eigenvalue weighted by molar-refractivity contribution is 5.82. The Morgan fingerprint density at radius 2 is 2.07 bits per heavy atom. The average molecular weight is 399 g/mol. The van der Waals surface area contributed by atoms with E-state index in [1.54, 1.807) is 24.4 Å². The maximum atomic E-state index is 13.0. The molecule has 1 aliphatic carbocycles. The molecule has 0 spiro atoms. The smallest absolute Gasteiger partial charge is 0.240 e. The number of nitrogens with one attached hydrogen (secondary N) is 1. The molecule has 1 aromatic heterocycles. The van der Waals surface area contributed by atoms with E-state index in [4.69, 9.17) is 9.47 Å². The fourth-order valence-corrected chi connectivity index (χ4v) is 3.61. The van der Waals surface area contributed by atoms with Crippen LogP contribution in [0.3, 0.4) is 0 Å². The van der Waals surface area contributed by atoms with E-state index in [0.29, 0.717) is 31.4 Å². The van der Waals surface area contributed by atoms with Crippen molar-refractivity contribution < 1.29 is 18.7 Å². The van der Waals surface area contributed by atoms with E-state index in [0.717, 1.165) is 24.6 Å². The molecule has 0 bridgehead atoms. The lowest BCUT2D eigenvalue weighted by atomic mass is 9.84. The number of nitrogens with zero attached hydrogens (tertiary/aromatic N) is 2. The predicted octanol–water partition coefficient (Wildman–Crippen LogP) is 3.13. The van der Waals surface area contributed by atoms with Crippen LogP contribution in [0.25, 0.3) is 0 Å². The maximum Gasteiger partial charge on any atom is 0.240 e. The highest BCUT2D eigenvalue weighted by Gasteiger charge is 2.32. The zero-order valence-electron chi connectivity index (χ0n) is 16.4. The van der Waals surface area contributed by atoms with Gasteiger partial charge in [-0.05, 0) is 48.6 Å². The highest BCUT2D eigenvalue weighted by Crippen LogP contribution is 2.28. The Morgan fingerprint density at radius 3 is 2.76 bits per heavy atom. The predicted molar refractivity (Wildman–Crippen MR) is 106 cm³/mol. The van der Waals surface area contributed by atoms with E-state index < -0.39 is 0 Å². The van der Waals surface area contributed by atoms with Gasteiger partial charge in [0.15, 0.2) is 0 Å². The maximum absolute atomic E-state index is 13.0. The summed E-state index contributed by atoms with van der Waals surface area (Å²) >= 11 is 0. The van der Waals surface area contributed by atoms with Crippen LogP contribution in [-0.2, 0) is 16.1 Å². The van der Waals surface area contributed by atoms with E-state index in [9.17, 15) is 9.18 Å². The second-order valence-electron chi connectivity index (χ2n) is 7.66. The summed E-state index contributed by atoms with van der Waals surface area (Å²) in [4.78, 5) is 19.2. The normalized spacial score (nSPS) is 20.1. The van der Waals surface area contributed by atoms with Crippen molar-refractivity contribution >= 4 is 5.91 Å². The number of morpholine rings is 1. The third kappa shape index (κ3) is 5.31. The Labute approximate surface area is 170 Å². The van der Waals surface area contributed by atoms with Crippen molar-refractivity contribution in [1.29, 1.82) is 0 Å². The first-order chi connectivity index (χ1) is 14.2. The summed E-state index contributed by atoms with van der Waals surface area (Å²) in [5.41, 5.74) is 0.882. The fourth-order valence-electron chi connectivity index (χ4n) is 3.61. The first-order valence-electron chi connectivity index (χ1n) is 10.2. The second-order valence-corrected chi connectivity index (χ2v) is 7.66. The first-order valence-corrected chi connectivity index (χ1v) is 10.2. The van der Waals surface area contributed by atoms with Gasteiger partial charge >= 0.3 is 0 Å².